The molecule has 6 atom stereocenters. The Morgan fingerprint density at radius 2 is 1.97 bits per heavy atom. The van der Waals surface area contributed by atoms with E-state index in [2.05, 4.69) is 45.8 Å². The zero-order valence-electron chi connectivity index (χ0n) is 20.4. The Morgan fingerprint density at radius 3 is 2.53 bits per heavy atom. The zero-order valence-corrected chi connectivity index (χ0v) is 21.4. The van der Waals surface area contributed by atoms with E-state index in [0.29, 0.717) is 19.4 Å². The smallest absolute Gasteiger partial charge is 0.430 e. The van der Waals surface area contributed by atoms with E-state index in [1.165, 1.54) is 6.08 Å². The highest BCUT2D eigenvalue weighted by molar-refractivity contribution is 6.74. The molecule has 0 aromatic heterocycles. The molecule has 0 saturated carbocycles. The fourth-order valence-electron chi connectivity index (χ4n) is 4.01. The number of rotatable bonds is 9. The monoisotopic (exact) mass is 469 g/mol. The maximum Gasteiger partial charge on any atom is 0.508 e. The predicted molar refractivity (Wildman–Crippen MR) is 123 cm³/mol. The molecule has 1 amide bonds. The molecule has 2 fully saturated rings. The van der Waals surface area contributed by atoms with E-state index in [0.717, 1.165) is 0 Å². The van der Waals surface area contributed by atoms with E-state index in [9.17, 15) is 14.4 Å². The summed E-state index contributed by atoms with van der Waals surface area (Å²) in [5.74, 6) is -1.16. The average Bonchev–Trinajstić information content (AvgIpc) is 2.64. The number of hydrogen-bond donors (Lipinski definition) is 1. The third-order valence-corrected chi connectivity index (χ3v) is 11.4. The van der Waals surface area contributed by atoms with Gasteiger partial charge in [-0.1, -0.05) is 33.4 Å². The van der Waals surface area contributed by atoms with E-state index in [4.69, 9.17) is 18.6 Å². The largest absolute Gasteiger partial charge is 0.508 e. The van der Waals surface area contributed by atoms with Crippen LogP contribution < -0.4 is 5.32 Å². The molecule has 9 heteroatoms. The van der Waals surface area contributed by atoms with Crippen LogP contribution in [-0.2, 0) is 28.2 Å². The topological polar surface area (TPSA) is 100 Å². The summed E-state index contributed by atoms with van der Waals surface area (Å²) in [5.41, 5.74) is 0. The van der Waals surface area contributed by atoms with Crippen molar-refractivity contribution in [1.82, 2.24) is 5.32 Å². The van der Waals surface area contributed by atoms with Crippen LogP contribution in [0.3, 0.4) is 0 Å². The molecule has 0 aromatic rings. The van der Waals surface area contributed by atoms with E-state index >= 15 is 0 Å². The summed E-state index contributed by atoms with van der Waals surface area (Å²) >= 11 is 0. The molecule has 8 nitrogen and oxygen atoms in total. The van der Waals surface area contributed by atoms with Crippen molar-refractivity contribution in [3.63, 3.8) is 0 Å². The van der Waals surface area contributed by atoms with Crippen LogP contribution in [0, 0.1) is 11.8 Å². The standard InChI is InChI=1S/C23H39NO7Si/c1-9-11-29-22(27)30-15(3)17-18(24-21(17)26)20-19(25)16(10-12-28-20)13-14(2)31-32(7,8)23(4,5)6/h9,14-18,20H,1,10-13H2,2-8H3,(H,24,26)/t14-,15+,16+,17+,18-,20+/m0/s1. The van der Waals surface area contributed by atoms with Crippen LogP contribution in [0.15, 0.2) is 12.7 Å². The lowest BCUT2D eigenvalue weighted by Gasteiger charge is -2.45. The van der Waals surface area contributed by atoms with Gasteiger partial charge in [0, 0.05) is 18.6 Å². The second-order valence-corrected chi connectivity index (χ2v) is 15.1. The van der Waals surface area contributed by atoms with Gasteiger partial charge < -0.3 is 24.0 Å². The number of ether oxygens (including phenoxy) is 3. The molecule has 1 N–H and O–H groups in total. The summed E-state index contributed by atoms with van der Waals surface area (Å²) in [4.78, 5) is 37.2. The zero-order chi connectivity index (χ0) is 24.3. The Morgan fingerprint density at radius 1 is 1.31 bits per heavy atom. The molecule has 0 bridgehead atoms. The molecule has 2 saturated heterocycles. The number of ketones is 1. The molecule has 2 heterocycles. The summed E-state index contributed by atoms with van der Waals surface area (Å²) in [6, 6.07) is -0.531. The molecule has 0 spiro atoms. The normalized spacial score (nSPS) is 28.2. The Labute approximate surface area is 192 Å². The average molecular weight is 470 g/mol. The van der Waals surface area contributed by atoms with Gasteiger partial charge in [0.1, 0.15) is 18.8 Å². The summed E-state index contributed by atoms with van der Waals surface area (Å²) in [6.07, 6.45) is 0.256. The third-order valence-electron chi connectivity index (χ3n) is 6.80. The molecule has 0 unspecified atom stereocenters. The summed E-state index contributed by atoms with van der Waals surface area (Å²) in [7, 11) is -1.94. The van der Waals surface area contributed by atoms with Crippen LogP contribution in [-0.4, -0.2) is 63.7 Å². The van der Waals surface area contributed by atoms with Crippen molar-refractivity contribution in [2.45, 2.75) is 89.9 Å². The van der Waals surface area contributed by atoms with E-state index in [1.807, 2.05) is 6.92 Å². The van der Waals surface area contributed by atoms with Gasteiger partial charge in [0.05, 0.1) is 12.0 Å². The second kappa shape index (κ2) is 10.5. The first kappa shape index (κ1) is 26.5. The molecule has 2 aliphatic rings. The Hall–Kier alpha value is -1.71. The predicted octanol–water partition coefficient (Wildman–Crippen LogP) is 3.60. The SMILES string of the molecule is C=CCOC(=O)O[C@H](C)[C@H]1C(=O)N[C@@H]1[C@H]1OCC[C@H](C[C@H](C)O[Si](C)(C)C(C)(C)C)C1=O. The lowest BCUT2D eigenvalue weighted by atomic mass is 9.77. The van der Waals surface area contributed by atoms with Gasteiger partial charge in [-0.15, -0.1) is 0 Å². The van der Waals surface area contributed by atoms with Crippen LogP contribution in [0.1, 0.15) is 47.5 Å². The van der Waals surface area contributed by atoms with Crippen LogP contribution in [0.5, 0.6) is 0 Å². The first-order valence-electron chi connectivity index (χ1n) is 11.4. The fourth-order valence-corrected chi connectivity index (χ4v) is 5.47. The van der Waals surface area contributed by atoms with Crippen molar-refractivity contribution in [1.29, 1.82) is 0 Å². The number of carbonyl (C=O) groups excluding carboxylic acids is 3. The first-order valence-corrected chi connectivity index (χ1v) is 14.3. The summed E-state index contributed by atoms with van der Waals surface area (Å²) in [6.45, 7) is 18.5. The van der Waals surface area contributed by atoms with E-state index in [-0.39, 0.29) is 35.4 Å². The summed E-state index contributed by atoms with van der Waals surface area (Å²) < 4.78 is 22.2. The number of β-lactam (4-membered cyclic amide) rings is 1. The Kier molecular flexibility index (Phi) is 8.69. The fraction of sp³-hybridized carbons (Fsp3) is 0.783. The van der Waals surface area contributed by atoms with Crippen molar-refractivity contribution in [3.8, 4) is 0 Å². The molecule has 0 radical (unpaired) electrons. The van der Waals surface area contributed by atoms with Crippen LogP contribution in [0.4, 0.5) is 4.79 Å². The number of nitrogens with one attached hydrogen (secondary N) is 1. The second-order valence-electron chi connectivity index (χ2n) is 10.3. The Bertz CT molecular complexity index is 718. The molecular weight excluding hydrogens is 430 g/mol. The van der Waals surface area contributed by atoms with Gasteiger partial charge in [-0.25, -0.2) is 4.79 Å². The van der Waals surface area contributed by atoms with Crippen molar-refractivity contribution >= 4 is 26.2 Å². The number of carbonyl (C=O) groups is 3. The first-order chi connectivity index (χ1) is 14.8. The maximum absolute atomic E-state index is 13.2. The lowest BCUT2D eigenvalue weighted by Crippen LogP contribution is -2.69. The van der Waals surface area contributed by atoms with Crippen LogP contribution in [0.2, 0.25) is 18.1 Å². The van der Waals surface area contributed by atoms with Crippen LogP contribution >= 0.6 is 0 Å². The quantitative estimate of drug-likeness (QED) is 0.238. The highest BCUT2D eigenvalue weighted by Gasteiger charge is 2.53. The van der Waals surface area contributed by atoms with Gasteiger partial charge in [-0.3, -0.25) is 9.59 Å². The van der Waals surface area contributed by atoms with Crippen molar-refractivity contribution in [2.24, 2.45) is 11.8 Å². The van der Waals surface area contributed by atoms with Crippen molar-refractivity contribution in [3.05, 3.63) is 12.7 Å². The third kappa shape index (κ3) is 6.20. The number of hydrogen-bond acceptors (Lipinski definition) is 7. The minimum absolute atomic E-state index is 0.0207. The van der Waals surface area contributed by atoms with Gasteiger partial charge in [0.2, 0.25) is 5.91 Å². The Balaban J connectivity index is 1.99. The molecule has 182 valence electrons. The molecular formula is C23H39NO7Si. The highest BCUT2D eigenvalue weighted by Crippen LogP contribution is 2.38. The lowest BCUT2D eigenvalue weighted by molar-refractivity contribution is -0.161. The van der Waals surface area contributed by atoms with E-state index in [1.54, 1.807) is 6.92 Å². The van der Waals surface area contributed by atoms with Crippen molar-refractivity contribution < 1.29 is 33.0 Å². The van der Waals surface area contributed by atoms with Gasteiger partial charge in [0.25, 0.3) is 0 Å². The van der Waals surface area contributed by atoms with Crippen molar-refractivity contribution in [2.75, 3.05) is 13.2 Å². The minimum Gasteiger partial charge on any atom is -0.430 e. The molecule has 0 aromatic carbocycles. The van der Waals surface area contributed by atoms with E-state index < -0.39 is 38.6 Å². The van der Waals surface area contributed by atoms with Crippen LogP contribution in [0.25, 0.3) is 0 Å². The maximum atomic E-state index is 13.2. The summed E-state index contributed by atoms with van der Waals surface area (Å²) in [5, 5.41) is 2.86. The van der Waals surface area contributed by atoms with Gasteiger partial charge in [-0.2, -0.15) is 0 Å². The van der Waals surface area contributed by atoms with Gasteiger partial charge in [-0.05, 0) is 44.8 Å². The van der Waals surface area contributed by atoms with Gasteiger partial charge in [0.15, 0.2) is 14.1 Å². The van der Waals surface area contributed by atoms with Gasteiger partial charge >= 0.3 is 6.16 Å². The molecule has 32 heavy (non-hydrogen) atoms. The highest BCUT2D eigenvalue weighted by atomic mass is 28.4. The number of Topliss-reactive ketones (excluding diaryl/α,β-unsaturated/α-hetero) is 1. The molecule has 0 aliphatic carbocycles. The molecule has 2 rings (SSSR count). The minimum atomic E-state index is -1.94. The molecule has 2 aliphatic heterocycles. The number of amides is 1.